The van der Waals surface area contributed by atoms with Gasteiger partial charge in [0.25, 0.3) is 0 Å². The summed E-state index contributed by atoms with van der Waals surface area (Å²) >= 11 is 3.46. The number of esters is 1. The van der Waals surface area contributed by atoms with E-state index >= 15 is 0 Å². The molecule has 0 aliphatic carbocycles. The van der Waals surface area contributed by atoms with Gasteiger partial charge in [0.15, 0.2) is 0 Å². The van der Waals surface area contributed by atoms with Crippen molar-refractivity contribution in [2.45, 2.75) is 25.2 Å². The zero-order valence-electron chi connectivity index (χ0n) is 16.8. The van der Waals surface area contributed by atoms with Gasteiger partial charge in [-0.1, -0.05) is 46.3 Å². The van der Waals surface area contributed by atoms with E-state index in [-0.39, 0.29) is 5.97 Å². The molecule has 1 aromatic heterocycles. The molecule has 1 aliphatic rings. The van der Waals surface area contributed by atoms with Gasteiger partial charge < -0.3 is 9.64 Å². The number of aromatic nitrogens is 1. The Labute approximate surface area is 184 Å². The molecule has 0 radical (unpaired) electrons. The van der Waals surface area contributed by atoms with Crippen LogP contribution in [0.5, 0.6) is 0 Å². The first-order valence-corrected chi connectivity index (χ1v) is 10.8. The zero-order valence-corrected chi connectivity index (χ0v) is 18.4. The molecule has 0 amide bonds. The molecule has 0 atom stereocenters. The molecule has 2 heterocycles. The van der Waals surface area contributed by atoms with Gasteiger partial charge in [0.1, 0.15) is 11.4 Å². The summed E-state index contributed by atoms with van der Waals surface area (Å²) in [6.45, 7) is 3.39. The Bertz CT molecular complexity index is 1110. The molecular weight excluding hydrogens is 442 g/mol. The lowest BCUT2D eigenvalue weighted by Crippen LogP contribution is -2.43. The first kappa shape index (κ1) is 20.4. The third-order valence-corrected chi connectivity index (χ3v) is 6.26. The number of nitrogens with zero attached hydrogens (tertiary/aromatic N) is 3. The van der Waals surface area contributed by atoms with Crippen molar-refractivity contribution in [2.24, 2.45) is 0 Å². The molecule has 6 heteroatoms. The summed E-state index contributed by atoms with van der Waals surface area (Å²) in [6, 6.07) is 20.2. The Morgan fingerprint density at radius 1 is 1.20 bits per heavy atom. The van der Waals surface area contributed by atoms with Gasteiger partial charge in [-0.05, 0) is 49.6 Å². The Hall–Kier alpha value is -2.91. The molecule has 0 bridgehead atoms. The molecular formula is C24H22BrN3O2. The number of para-hydroxylation sites is 1. The summed E-state index contributed by atoms with van der Waals surface area (Å²) < 4.78 is 6.29. The molecule has 4 rings (SSSR count). The maximum atomic E-state index is 12.6. The van der Waals surface area contributed by atoms with E-state index in [1.54, 1.807) is 6.92 Å². The standard InChI is InChI=1S/C24H22BrN3O2/c1-2-30-23(29)20-15-17-5-3-4-6-21(17)27-22(20)28-13-11-24(16-26,12-14-28)18-7-9-19(25)10-8-18/h3-10,15H,2,11-14H2,1H3. The van der Waals surface area contributed by atoms with Gasteiger partial charge in [-0.3, -0.25) is 0 Å². The highest BCUT2D eigenvalue weighted by Gasteiger charge is 2.37. The van der Waals surface area contributed by atoms with Crippen molar-refractivity contribution in [3.63, 3.8) is 0 Å². The Kier molecular flexibility index (Phi) is 5.74. The maximum Gasteiger partial charge on any atom is 0.341 e. The average molecular weight is 464 g/mol. The molecule has 1 aliphatic heterocycles. The molecule has 0 N–H and O–H groups in total. The predicted octanol–water partition coefficient (Wildman–Crippen LogP) is 5.24. The lowest BCUT2D eigenvalue weighted by molar-refractivity contribution is 0.0527. The minimum Gasteiger partial charge on any atom is -0.462 e. The van der Waals surface area contributed by atoms with Crippen LogP contribution in [0.2, 0.25) is 0 Å². The Morgan fingerprint density at radius 2 is 1.90 bits per heavy atom. The summed E-state index contributed by atoms with van der Waals surface area (Å²) in [5.41, 5.74) is 1.82. The molecule has 5 nitrogen and oxygen atoms in total. The molecule has 1 fully saturated rings. The van der Waals surface area contributed by atoms with Crippen molar-refractivity contribution < 1.29 is 9.53 Å². The van der Waals surface area contributed by atoms with Crippen molar-refractivity contribution in [2.75, 3.05) is 24.6 Å². The van der Waals surface area contributed by atoms with Crippen LogP contribution in [0.1, 0.15) is 35.7 Å². The van der Waals surface area contributed by atoms with Crippen LogP contribution < -0.4 is 4.90 Å². The smallest absolute Gasteiger partial charge is 0.341 e. The van der Waals surface area contributed by atoms with E-state index in [2.05, 4.69) is 26.9 Å². The van der Waals surface area contributed by atoms with Crippen molar-refractivity contribution >= 4 is 38.6 Å². The number of ether oxygens (including phenoxy) is 1. The fourth-order valence-corrected chi connectivity index (χ4v) is 4.30. The van der Waals surface area contributed by atoms with Gasteiger partial charge >= 0.3 is 5.97 Å². The SMILES string of the molecule is CCOC(=O)c1cc2ccccc2nc1N1CCC(C#N)(c2ccc(Br)cc2)CC1. The van der Waals surface area contributed by atoms with Crippen LogP contribution in [0.25, 0.3) is 10.9 Å². The number of hydrogen-bond acceptors (Lipinski definition) is 5. The summed E-state index contributed by atoms with van der Waals surface area (Å²) in [5.74, 6) is 0.269. The third-order valence-electron chi connectivity index (χ3n) is 5.73. The molecule has 1 saturated heterocycles. The van der Waals surface area contributed by atoms with Crippen LogP contribution in [-0.2, 0) is 10.2 Å². The van der Waals surface area contributed by atoms with Crippen LogP contribution >= 0.6 is 15.9 Å². The minimum absolute atomic E-state index is 0.312. The molecule has 0 spiro atoms. The number of hydrogen-bond donors (Lipinski definition) is 0. The lowest BCUT2D eigenvalue weighted by Gasteiger charge is -2.38. The fraction of sp³-hybridized carbons (Fsp3) is 0.292. The molecule has 2 aromatic carbocycles. The predicted molar refractivity (Wildman–Crippen MR) is 121 cm³/mol. The second kappa shape index (κ2) is 8.45. The van der Waals surface area contributed by atoms with Crippen LogP contribution in [0, 0.1) is 11.3 Å². The molecule has 30 heavy (non-hydrogen) atoms. The second-order valence-electron chi connectivity index (χ2n) is 7.46. The summed E-state index contributed by atoms with van der Waals surface area (Å²) in [7, 11) is 0. The van der Waals surface area contributed by atoms with Gasteiger partial charge in [-0.2, -0.15) is 5.26 Å². The number of piperidine rings is 1. The van der Waals surface area contributed by atoms with E-state index in [0.29, 0.717) is 43.9 Å². The van der Waals surface area contributed by atoms with E-state index in [1.165, 1.54) is 0 Å². The van der Waals surface area contributed by atoms with Gasteiger partial charge in [-0.15, -0.1) is 0 Å². The van der Waals surface area contributed by atoms with Crippen LogP contribution in [0.4, 0.5) is 5.82 Å². The van der Waals surface area contributed by atoms with Crippen molar-refractivity contribution in [3.8, 4) is 6.07 Å². The second-order valence-corrected chi connectivity index (χ2v) is 8.38. The minimum atomic E-state index is -0.530. The number of halogens is 1. The molecule has 3 aromatic rings. The normalized spacial score (nSPS) is 15.6. The average Bonchev–Trinajstić information content (AvgIpc) is 2.79. The quantitative estimate of drug-likeness (QED) is 0.495. The number of benzene rings is 2. The van der Waals surface area contributed by atoms with Crippen molar-refractivity contribution in [1.82, 2.24) is 4.98 Å². The van der Waals surface area contributed by atoms with Crippen LogP contribution in [0.3, 0.4) is 0 Å². The van der Waals surface area contributed by atoms with E-state index < -0.39 is 5.41 Å². The number of nitriles is 1. The molecule has 0 unspecified atom stereocenters. The number of anilines is 1. The summed E-state index contributed by atoms with van der Waals surface area (Å²) in [5, 5.41) is 10.9. The zero-order chi connectivity index (χ0) is 21.1. The largest absolute Gasteiger partial charge is 0.462 e. The van der Waals surface area contributed by atoms with E-state index in [1.807, 2.05) is 54.6 Å². The molecule has 0 saturated carbocycles. The van der Waals surface area contributed by atoms with Crippen molar-refractivity contribution in [3.05, 3.63) is 70.2 Å². The highest BCUT2D eigenvalue weighted by molar-refractivity contribution is 9.10. The number of carbonyl (C=O) groups excluding carboxylic acids is 1. The number of fused-ring (bicyclic) bond motifs is 1. The summed E-state index contributed by atoms with van der Waals surface area (Å²) in [6.07, 6.45) is 1.34. The van der Waals surface area contributed by atoms with Gasteiger partial charge in [0.05, 0.1) is 23.6 Å². The maximum absolute atomic E-state index is 12.6. The van der Waals surface area contributed by atoms with Crippen LogP contribution in [0.15, 0.2) is 59.1 Å². The van der Waals surface area contributed by atoms with E-state index in [9.17, 15) is 10.1 Å². The number of carbonyl (C=O) groups is 1. The van der Waals surface area contributed by atoms with Gasteiger partial charge in [0.2, 0.25) is 0 Å². The van der Waals surface area contributed by atoms with Gasteiger partial charge in [0, 0.05) is 22.9 Å². The third kappa shape index (κ3) is 3.78. The van der Waals surface area contributed by atoms with Gasteiger partial charge in [-0.25, -0.2) is 9.78 Å². The number of rotatable bonds is 4. The monoisotopic (exact) mass is 463 g/mol. The van der Waals surface area contributed by atoms with Crippen molar-refractivity contribution in [1.29, 1.82) is 5.26 Å². The van der Waals surface area contributed by atoms with Crippen LogP contribution in [-0.4, -0.2) is 30.6 Å². The van der Waals surface area contributed by atoms with E-state index in [4.69, 9.17) is 9.72 Å². The highest BCUT2D eigenvalue weighted by Crippen LogP contribution is 2.37. The summed E-state index contributed by atoms with van der Waals surface area (Å²) in [4.78, 5) is 19.5. The Balaban J connectivity index is 1.67. The number of pyridine rings is 1. The topological polar surface area (TPSA) is 66.2 Å². The van der Waals surface area contributed by atoms with E-state index in [0.717, 1.165) is 20.9 Å². The fourth-order valence-electron chi connectivity index (χ4n) is 4.04. The highest BCUT2D eigenvalue weighted by atomic mass is 79.9. The molecule has 152 valence electrons. The first-order chi connectivity index (χ1) is 14.6. The lowest BCUT2D eigenvalue weighted by atomic mass is 9.74. The first-order valence-electron chi connectivity index (χ1n) is 10.1. The Morgan fingerprint density at radius 3 is 2.57 bits per heavy atom.